The zero-order chi connectivity index (χ0) is 17.8. The first-order valence-corrected chi connectivity index (χ1v) is 7.92. The summed E-state index contributed by atoms with van der Waals surface area (Å²) in [7, 11) is 0. The van der Waals surface area contributed by atoms with E-state index in [9.17, 15) is 4.79 Å². The third-order valence-electron chi connectivity index (χ3n) is 4.03. The number of nitrogens with one attached hydrogen (secondary N) is 2. The molecule has 126 valence electrons. The largest absolute Gasteiger partial charge is 0.289 e. The number of nitrogens with zero attached hydrogens (tertiary/aromatic N) is 3. The summed E-state index contributed by atoms with van der Waals surface area (Å²) in [5.41, 5.74) is 8.51. The summed E-state index contributed by atoms with van der Waals surface area (Å²) in [4.78, 5) is 16.3. The summed E-state index contributed by atoms with van der Waals surface area (Å²) in [6, 6.07) is 11.5. The van der Waals surface area contributed by atoms with Crippen molar-refractivity contribution in [2.24, 2.45) is 5.10 Å². The number of hydrogen-bond acceptors (Lipinski definition) is 4. The second-order valence-electron chi connectivity index (χ2n) is 5.85. The first kappa shape index (κ1) is 16.6. The molecule has 0 bridgehead atoms. The summed E-state index contributed by atoms with van der Waals surface area (Å²) in [5.74, 6) is -0.342. The van der Waals surface area contributed by atoms with Gasteiger partial charge in [-0.3, -0.25) is 14.9 Å². The molecule has 0 aliphatic rings. The molecule has 6 nitrogen and oxygen atoms in total. The Kier molecular flexibility index (Phi) is 4.70. The molecule has 6 heteroatoms. The number of aromatic amines is 1. The Labute approximate surface area is 146 Å². The molecule has 0 spiro atoms. The molecule has 0 fully saturated rings. The molecule has 1 amide bonds. The molecular formula is C19H19N5O. The van der Waals surface area contributed by atoms with Crippen LogP contribution in [0.5, 0.6) is 0 Å². The highest BCUT2D eigenvalue weighted by molar-refractivity contribution is 6.00. The smallest absolute Gasteiger partial charge is 0.272 e. The Bertz CT molecular complexity index is 928. The van der Waals surface area contributed by atoms with E-state index in [1.807, 2.05) is 31.2 Å². The third-order valence-corrected chi connectivity index (χ3v) is 4.03. The van der Waals surface area contributed by atoms with E-state index in [1.165, 1.54) is 11.1 Å². The minimum atomic E-state index is -0.342. The maximum Gasteiger partial charge on any atom is 0.289 e. The Morgan fingerprint density at radius 1 is 1.16 bits per heavy atom. The second kappa shape index (κ2) is 7.09. The van der Waals surface area contributed by atoms with Gasteiger partial charge in [-0.1, -0.05) is 18.2 Å². The van der Waals surface area contributed by atoms with Crippen molar-refractivity contribution in [3.8, 4) is 11.3 Å². The average Bonchev–Trinajstić information content (AvgIpc) is 3.12. The van der Waals surface area contributed by atoms with Crippen LogP contribution in [-0.2, 0) is 0 Å². The molecular weight excluding hydrogens is 314 g/mol. The highest BCUT2D eigenvalue weighted by Crippen LogP contribution is 2.20. The standard InChI is InChI=1S/C19H19N5O/c1-12-6-7-15(9-13(12)2)17-10-18(23-22-17)19(25)24-21-14(3)16-5-4-8-20-11-16/h4-11H,1-3H3,(H,22,23)(H,24,25)/b21-14-. The van der Waals surface area contributed by atoms with Gasteiger partial charge in [-0.25, -0.2) is 5.43 Å². The van der Waals surface area contributed by atoms with E-state index in [-0.39, 0.29) is 5.91 Å². The van der Waals surface area contributed by atoms with Crippen molar-refractivity contribution < 1.29 is 4.79 Å². The van der Waals surface area contributed by atoms with E-state index >= 15 is 0 Å². The van der Waals surface area contributed by atoms with Gasteiger partial charge in [-0.05, 0) is 50.1 Å². The van der Waals surface area contributed by atoms with Gasteiger partial charge < -0.3 is 0 Å². The predicted molar refractivity (Wildman–Crippen MR) is 97.4 cm³/mol. The zero-order valence-electron chi connectivity index (χ0n) is 14.4. The lowest BCUT2D eigenvalue weighted by molar-refractivity contribution is 0.0950. The molecule has 0 aliphatic heterocycles. The first-order valence-electron chi connectivity index (χ1n) is 7.92. The summed E-state index contributed by atoms with van der Waals surface area (Å²) < 4.78 is 0. The van der Waals surface area contributed by atoms with Crippen LogP contribution in [0.2, 0.25) is 0 Å². The number of aryl methyl sites for hydroxylation is 2. The number of benzene rings is 1. The maximum absolute atomic E-state index is 12.2. The van der Waals surface area contributed by atoms with Crippen LogP contribution < -0.4 is 5.43 Å². The van der Waals surface area contributed by atoms with Crippen LogP contribution in [0.3, 0.4) is 0 Å². The van der Waals surface area contributed by atoms with Crippen molar-refractivity contribution in [3.05, 3.63) is 71.2 Å². The number of carbonyl (C=O) groups excluding carboxylic acids is 1. The molecule has 2 N–H and O–H groups in total. The minimum absolute atomic E-state index is 0.342. The highest BCUT2D eigenvalue weighted by Gasteiger charge is 2.11. The SMILES string of the molecule is C/C(=N/NC(=O)c1cc(-c2ccc(C)c(C)c2)n[nH]1)c1cccnc1. The number of H-pyrrole nitrogens is 1. The first-order chi connectivity index (χ1) is 12.0. The summed E-state index contributed by atoms with van der Waals surface area (Å²) in [6.07, 6.45) is 3.38. The summed E-state index contributed by atoms with van der Waals surface area (Å²) in [6.45, 7) is 5.92. The molecule has 2 aromatic heterocycles. The van der Waals surface area contributed by atoms with E-state index in [0.29, 0.717) is 11.4 Å². The molecule has 1 aromatic carbocycles. The number of rotatable bonds is 4. The Morgan fingerprint density at radius 3 is 2.72 bits per heavy atom. The maximum atomic E-state index is 12.2. The van der Waals surface area contributed by atoms with Gasteiger partial charge in [-0.2, -0.15) is 10.2 Å². The molecule has 3 aromatic rings. The monoisotopic (exact) mass is 333 g/mol. The van der Waals surface area contributed by atoms with E-state index in [0.717, 1.165) is 16.8 Å². The third kappa shape index (κ3) is 3.80. The molecule has 3 rings (SSSR count). The molecule has 0 unspecified atom stereocenters. The average molecular weight is 333 g/mol. The van der Waals surface area contributed by atoms with Crippen LogP contribution >= 0.6 is 0 Å². The van der Waals surface area contributed by atoms with Crippen LogP contribution in [-0.4, -0.2) is 26.8 Å². The van der Waals surface area contributed by atoms with Crippen molar-refractivity contribution in [3.63, 3.8) is 0 Å². The van der Waals surface area contributed by atoms with Crippen molar-refractivity contribution in [2.45, 2.75) is 20.8 Å². The topological polar surface area (TPSA) is 83.0 Å². The molecule has 0 aliphatic carbocycles. The van der Waals surface area contributed by atoms with Crippen LogP contribution in [0.1, 0.15) is 34.1 Å². The van der Waals surface area contributed by atoms with Crippen molar-refractivity contribution >= 4 is 11.6 Å². The molecule has 25 heavy (non-hydrogen) atoms. The van der Waals surface area contributed by atoms with Gasteiger partial charge in [0, 0.05) is 23.5 Å². The van der Waals surface area contributed by atoms with Crippen LogP contribution in [0.4, 0.5) is 0 Å². The van der Waals surface area contributed by atoms with Crippen molar-refractivity contribution in [1.82, 2.24) is 20.6 Å². The number of hydrogen-bond donors (Lipinski definition) is 2. The van der Waals surface area contributed by atoms with Gasteiger partial charge in [0.05, 0.1) is 11.4 Å². The second-order valence-corrected chi connectivity index (χ2v) is 5.85. The lowest BCUT2D eigenvalue weighted by atomic mass is 10.0. The number of carbonyl (C=O) groups is 1. The van der Waals surface area contributed by atoms with E-state index in [1.54, 1.807) is 18.5 Å². The van der Waals surface area contributed by atoms with Crippen molar-refractivity contribution in [2.75, 3.05) is 0 Å². The normalized spacial score (nSPS) is 11.4. The van der Waals surface area contributed by atoms with Crippen molar-refractivity contribution in [1.29, 1.82) is 0 Å². The fraction of sp³-hybridized carbons (Fsp3) is 0.158. The Hall–Kier alpha value is -3.28. The molecule has 0 radical (unpaired) electrons. The van der Waals surface area contributed by atoms with Gasteiger partial charge in [0.15, 0.2) is 0 Å². The number of hydrazone groups is 1. The molecule has 2 heterocycles. The van der Waals surface area contributed by atoms with E-state index in [2.05, 4.69) is 45.6 Å². The molecule has 0 saturated carbocycles. The number of pyridine rings is 1. The minimum Gasteiger partial charge on any atom is -0.272 e. The lowest BCUT2D eigenvalue weighted by Crippen LogP contribution is -2.19. The zero-order valence-corrected chi connectivity index (χ0v) is 14.4. The van der Waals surface area contributed by atoms with Crippen LogP contribution in [0.25, 0.3) is 11.3 Å². The van der Waals surface area contributed by atoms with Crippen LogP contribution in [0.15, 0.2) is 53.9 Å². The number of aromatic nitrogens is 3. The Balaban J connectivity index is 1.73. The van der Waals surface area contributed by atoms with Gasteiger partial charge >= 0.3 is 0 Å². The van der Waals surface area contributed by atoms with Gasteiger partial charge in [0.2, 0.25) is 0 Å². The lowest BCUT2D eigenvalue weighted by Gasteiger charge is -2.02. The Morgan fingerprint density at radius 2 is 2.00 bits per heavy atom. The summed E-state index contributed by atoms with van der Waals surface area (Å²) in [5, 5.41) is 11.1. The fourth-order valence-electron chi connectivity index (χ4n) is 2.32. The summed E-state index contributed by atoms with van der Waals surface area (Å²) >= 11 is 0. The van der Waals surface area contributed by atoms with E-state index in [4.69, 9.17) is 0 Å². The highest BCUT2D eigenvalue weighted by atomic mass is 16.2. The van der Waals surface area contributed by atoms with E-state index < -0.39 is 0 Å². The predicted octanol–water partition coefficient (Wildman–Crippen LogP) is 3.24. The quantitative estimate of drug-likeness (QED) is 0.568. The molecule has 0 saturated heterocycles. The molecule has 0 atom stereocenters. The van der Waals surface area contributed by atoms with Gasteiger partial charge in [0.25, 0.3) is 5.91 Å². The van der Waals surface area contributed by atoms with Gasteiger partial charge in [-0.15, -0.1) is 0 Å². The fourth-order valence-corrected chi connectivity index (χ4v) is 2.32. The van der Waals surface area contributed by atoms with Gasteiger partial charge in [0.1, 0.15) is 5.69 Å². The van der Waals surface area contributed by atoms with Crippen LogP contribution in [0, 0.1) is 13.8 Å². The number of amides is 1.